The van der Waals surface area contributed by atoms with E-state index in [1.807, 2.05) is 6.07 Å². The predicted molar refractivity (Wildman–Crippen MR) is 90.2 cm³/mol. The van der Waals surface area contributed by atoms with Crippen LogP contribution < -0.4 is 5.73 Å². The van der Waals surface area contributed by atoms with Gasteiger partial charge in [-0.3, -0.25) is 9.79 Å². The summed E-state index contributed by atoms with van der Waals surface area (Å²) in [6, 6.07) is 8.85. The van der Waals surface area contributed by atoms with E-state index in [0.717, 1.165) is 30.2 Å². The Bertz CT molecular complexity index is 739. The number of anilines is 1. The van der Waals surface area contributed by atoms with Crippen molar-refractivity contribution < 1.29 is 9.53 Å². The number of halogens is 1. The second kappa shape index (κ2) is 6.50. The molecule has 0 atom stereocenters. The molecule has 0 amide bonds. The van der Waals surface area contributed by atoms with E-state index in [2.05, 4.69) is 4.99 Å². The molecule has 114 valence electrons. The third kappa shape index (κ3) is 3.15. The van der Waals surface area contributed by atoms with Gasteiger partial charge in [-0.05, 0) is 24.6 Å². The quantitative estimate of drug-likeness (QED) is 0.850. The van der Waals surface area contributed by atoms with Gasteiger partial charge in [-0.2, -0.15) is 0 Å². The maximum absolute atomic E-state index is 12.6. The van der Waals surface area contributed by atoms with Crippen molar-refractivity contribution in [1.29, 1.82) is 0 Å². The van der Waals surface area contributed by atoms with Crippen LogP contribution in [0.1, 0.15) is 27.2 Å². The van der Waals surface area contributed by atoms with Crippen LogP contribution in [0.4, 0.5) is 5.00 Å². The van der Waals surface area contributed by atoms with Gasteiger partial charge in [0.2, 0.25) is 0 Å². The Balaban J connectivity index is 1.77. The van der Waals surface area contributed by atoms with Crippen molar-refractivity contribution in [3.8, 4) is 0 Å². The molecular weight excluding hydrogens is 320 g/mol. The monoisotopic (exact) mass is 334 g/mol. The second-order valence-electron chi connectivity index (χ2n) is 4.92. The van der Waals surface area contributed by atoms with E-state index >= 15 is 0 Å². The van der Waals surface area contributed by atoms with Crippen LogP contribution in [0.25, 0.3) is 0 Å². The van der Waals surface area contributed by atoms with Gasteiger partial charge in [-0.1, -0.05) is 23.7 Å². The number of ketones is 1. The van der Waals surface area contributed by atoms with E-state index in [0.29, 0.717) is 27.8 Å². The number of carbonyl (C=O) groups is 1. The van der Waals surface area contributed by atoms with Gasteiger partial charge in [0.15, 0.2) is 11.7 Å². The molecule has 2 heterocycles. The normalized spacial score (nSPS) is 13.8. The molecule has 0 radical (unpaired) electrons. The largest absolute Gasteiger partial charge is 0.479 e. The SMILES string of the molecule is Nc1sc(CCC2=NCCO2)cc1C(=O)c1ccccc1Cl. The van der Waals surface area contributed by atoms with Crippen molar-refractivity contribution >= 4 is 39.6 Å². The maximum atomic E-state index is 12.6. The lowest BCUT2D eigenvalue weighted by atomic mass is 10.0. The number of nitrogens with zero attached hydrogens (tertiary/aromatic N) is 1. The second-order valence-corrected chi connectivity index (χ2v) is 6.50. The zero-order valence-corrected chi connectivity index (χ0v) is 13.4. The number of nitrogen functional groups attached to an aromatic ring is 1. The van der Waals surface area contributed by atoms with Crippen molar-refractivity contribution in [3.63, 3.8) is 0 Å². The number of benzene rings is 1. The van der Waals surface area contributed by atoms with Gasteiger partial charge in [0.25, 0.3) is 0 Å². The number of carbonyl (C=O) groups excluding carboxylic acids is 1. The fourth-order valence-electron chi connectivity index (χ4n) is 2.31. The van der Waals surface area contributed by atoms with Crippen molar-refractivity contribution in [3.05, 3.63) is 51.4 Å². The summed E-state index contributed by atoms with van der Waals surface area (Å²) in [5.74, 6) is 0.644. The summed E-state index contributed by atoms with van der Waals surface area (Å²) in [5.41, 5.74) is 7.00. The molecule has 0 saturated heterocycles. The third-order valence-electron chi connectivity index (χ3n) is 3.41. The van der Waals surface area contributed by atoms with E-state index < -0.39 is 0 Å². The van der Waals surface area contributed by atoms with Gasteiger partial charge in [-0.15, -0.1) is 11.3 Å². The van der Waals surface area contributed by atoms with Gasteiger partial charge in [0.05, 0.1) is 22.1 Å². The molecule has 0 unspecified atom stereocenters. The average molecular weight is 335 g/mol. The van der Waals surface area contributed by atoms with Crippen LogP contribution in [0, 0.1) is 0 Å². The Kier molecular flexibility index (Phi) is 4.45. The van der Waals surface area contributed by atoms with Crippen LogP contribution >= 0.6 is 22.9 Å². The lowest BCUT2D eigenvalue weighted by molar-refractivity contribution is 0.104. The standard InChI is InChI=1S/C16H15ClN2O2S/c17-13-4-2-1-3-11(13)15(20)12-9-10(22-16(12)18)5-6-14-19-7-8-21-14/h1-4,9H,5-8,18H2. The third-order valence-corrected chi connectivity index (χ3v) is 4.76. The Morgan fingerprint density at radius 3 is 2.86 bits per heavy atom. The molecule has 0 aliphatic carbocycles. The fraction of sp³-hybridized carbons (Fsp3) is 0.250. The number of rotatable bonds is 5. The molecule has 1 aromatic carbocycles. The van der Waals surface area contributed by atoms with Gasteiger partial charge in [0.1, 0.15) is 6.61 Å². The molecular formula is C16H15ClN2O2S. The highest BCUT2D eigenvalue weighted by Crippen LogP contribution is 2.30. The molecule has 0 fully saturated rings. The van der Waals surface area contributed by atoms with Crippen LogP contribution in [0.2, 0.25) is 5.02 Å². The molecule has 22 heavy (non-hydrogen) atoms. The molecule has 0 bridgehead atoms. The topological polar surface area (TPSA) is 64.7 Å². The first-order chi connectivity index (χ1) is 10.6. The molecule has 3 rings (SSSR count). The number of thiophene rings is 1. The molecule has 6 heteroatoms. The Labute approximate surface area is 137 Å². The molecule has 1 aromatic heterocycles. The molecule has 4 nitrogen and oxygen atoms in total. The fourth-order valence-corrected chi connectivity index (χ4v) is 3.46. The number of hydrogen-bond donors (Lipinski definition) is 1. The highest BCUT2D eigenvalue weighted by Gasteiger charge is 2.18. The number of hydrogen-bond acceptors (Lipinski definition) is 5. The number of aryl methyl sites for hydroxylation is 1. The van der Waals surface area contributed by atoms with Crippen molar-refractivity contribution in [2.75, 3.05) is 18.9 Å². The minimum Gasteiger partial charge on any atom is -0.479 e. The van der Waals surface area contributed by atoms with Crippen molar-refractivity contribution in [1.82, 2.24) is 0 Å². The predicted octanol–water partition coefficient (Wildman–Crippen LogP) is 3.58. The van der Waals surface area contributed by atoms with Gasteiger partial charge >= 0.3 is 0 Å². The highest BCUT2D eigenvalue weighted by atomic mass is 35.5. The highest BCUT2D eigenvalue weighted by molar-refractivity contribution is 7.16. The zero-order valence-electron chi connectivity index (χ0n) is 11.8. The summed E-state index contributed by atoms with van der Waals surface area (Å²) in [6.07, 6.45) is 1.50. The van der Waals surface area contributed by atoms with E-state index in [1.54, 1.807) is 24.3 Å². The summed E-state index contributed by atoms with van der Waals surface area (Å²) in [6.45, 7) is 1.40. The molecule has 0 spiro atoms. The summed E-state index contributed by atoms with van der Waals surface area (Å²) >= 11 is 7.51. The van der Waals surface area contributed by atoms with E-state index in [4.69, 9.17) is 22.1 Å². The Morgan fingerprint density at radius 2 is 2.14 bits per heavy atom. The van der Waals surface area contributed by atoms with E-state index in [9.17, 15) is 4.79 Å². The minimum absolute atomic E-state index is 0.139. The van der Waals surface area contributed by atoms with Gasteiger partial charge in [-0.25, -0.2) is 0 Å². The maximum Gasteiger partial charge on any atom is 0.197 e. The number of aliphatic imine (C=N–C) groups is 1. The summed E-state index contributed by atoms with van der Waals surface area (Å²) in [4.78, 5) is 17.9. The van der Waals surface area contributed by atoms with Crippen LogP contribution in [0.3, 0.4) is 0 Å². The summed E-state index contributed by atoms with van der Waals surface area (Å²) in [7, 11) is 0. The number of nitrogens with two attached hydrogens (primary N) is 1. The Hall–Kier alpha value is -1.85. The first-order valence-corrected chi connectivity index (χ1v) is 8.18. The lowest BCUT2D eigenvalue weighted by Gasteiger charge is -2.02. The van der Waals surface area contributed by atoms with Crippen molar-refractivity contribution in [2.45, 2.75) is 12.8 Å². The first kappa shape index (κ1) is 15.1. The smallest absolute Gasteiger partial charge is 0.197 e. The molecule has 2 aromatic rings. The summed E-state index contributed by atoms with van der Waals surface area (Å²) in [5, 5.41) is 0.961. The van der Waals surface area contributed by atoms with E-state index in [1.165, 1.54) is 11.3 Å². The number of ether oxygens (including phenoxy) is 1. The van der Waals surface area contributed by atoms with Crippen LogP contribution in [-0.2, 0) is 11.2 Å². The van der Waals surface area contributed by atoms with Crippen LogP contribution in [-0.4, -0.2) is 24.8 Å². The minimum atomic E-state index is -0.139. The molecule has 1 aliphatic heterocycles. The first-order valence-electron chi connectivity index (χ1n) is 6.98. The Morgan fingerprint density at radius 1 is 1.32 bits per heavy atom. The van der Waals surface area contributed by atoms with Crippen LogP contribution in [0.5, 0.6) is 0 Å². The molecule has 2 N–H and O–H groups in total. The van der Waals surface area contributed by atoms with E-state index in [-0.39, 0.29) is 5.78 Å². The molecule has 1 aliphatic rings. The lowest BCUT2D eigenvalue weighted by Crippen LogP contribution is -2.03. The van der Waals surface area contributed by atoms with Crippen molar-refractivity contribution in [2.24, 2.45) is 4.99 Å². The zero-order chi connectivity index (χ0) is 15.5. The average Bonchev–Trinajstić information content (AvgIpc) is 3.14. The van der Waals surface area contributed by atoms with Gasteiger partial charge in [0, 0.05) is 16.9 Å². The summed E-state index contributed by atoms with van der Waals surface area (Å²) < 4.78 is 5.38. The van der Waals surface area contributed by atoms with Crippen LogP contribution in [0.15, 0.2) is 35.3 Å². The van der Waals surface area contributed by atoms with Gasteiger partial charge < -0.3 is 10.5 Å². The molecule has 0 saturated carbocycles.